The molecule has 0 aliphatic rings. The summed E-state index contributed by atoms with van der Waals surface area (Å²) in [5.41, 5.74) is -0.641. The number of aromatic nitrogens is 3. The number of benzene rings is 1. The first-order chi connectivity index (χ1) is 15.1. The van der Waals surface area contributed by atoms with Gasteiger partial charge in [-0.25, -0.2) is 18.4 Å². The second-order valence-corrected chi connectivity index (χ2v) is 8.52. The lowest BCUT2D eigenvalue weighted by molar-refractivity contribution is -0.137. The molecule has 12 heteroatoms. The molecule has 0 unspecified atom stereocenters. The maximum atomic E-state index is 12.9. The van der Waals surface area contributed by atoms with Crippen molar-refractivity contribution in [2.24, 2.45) is 0 Å². The first kappa shape index (κ1) is 21.4. The molecule has 0 radical (unpaired) electrons. The van der Waals surface area contributed by atoms with Gasteiger partial charge in [-0.15, -0.1) is 0 Å². The Bertz CT molecular complexity index is 1370. The van der Waals surface area contributed by atoms with Crippen molar-refractivity contribution in [3.05, 3.63) is 78.3 Å². The molecular weight excluding hydrogens is 449 g/mol. The predicted molar refractivity (Wildman–Crippen MR) is 104 cm³/mol. The molecule has 4 aromatic rings. The van der Waals surface area contributed by atoms with Gasteiger partial charge in [0.2, 0.25) is 9.84 Å². The quantitative estimate of drug-likeness (QED) is 0.483. The fourth-order valence-electron chi connectivity index (χ4n) is 2.79. The molecule has 0 bridgehead atoms. The van der Waals surface area contributed by atoms with Gasteiger partial charge >= 0.3 is 6.18 Å². The van der Waals surface area contributed by atoms with Gasteiger partial charge in [0, 0.05) is 24.0 Å². The molecule has 0 spiro atoms. The van der Waals surface area contributed by atoms with Crippen molar-refractivity contribution in [2.75, 3.05) is 0 Å². The van der Waals surface area contributed by atoms with Gasteiger partial charge in [-0.3, -0.25) is 9.78 Å². The van der Waals surface area contributed by atoms with E-state index >= 15 is 0 Å². The zero-order valence-electron chi connectivity index (χ0n) is 16.0. The minimum absolute atomic E-state index is 0.0525. The van der Waals surface area contributed by atoms with Crippen molar-refractivity contribution >= 4 is 26.7 Å². The van der Waals surface area contributed by atoms with Crippen molar-refractivity contribution in [1.82, 2.24) is 20.3 Å². The molecule has 0 atom stereocenters. The topological polar surface area (TPSA) is 115 Å². The number of halogens is 3. The molecule has 1 amide bonds. The molecule has 0 saturated heterocycles. The minimum Gasteiger partial charge on any atom is -0.449 e. The first-order valence-electron chi connectivity index (χ1n) is 8.99. The molecule has 3 heterocycles. The van der Waals surface area contributed by atoms with E-state index in [2.05, 4.69) is 20.3 Å². The van der Waals surface area contributed by atoms with Gasteiger partial charge in [-0.1, -0.05) is 6.07 Å². The predicted octanol–water partition coefficient (Wildman–Crippen LogP) is 3.40. The van der Waals surface area contributed by atoms with Crippen molar-refractivity contribution < 1.29 is 30.8 Å². The van der Waals surface area contributed by atoms with Gasteiger partial charge < -0.3 is 9.73 Å². The minimum atomic E-state index is -4.68. The molecule has 0 fully saturated rings. The van der Waals surface area contributed by atoms with E-state index in [4.69, 9.17) is 4.42 Å². The van der Waals surface area contributed by atoms with Gasteiger partial charge in [0.25, 0.3) is 5.91 Å². The highest BCUT2D eigenvalue weighted by molar-refractivity contribution is 7.91. The lowest BCUT2D eigenvalue weighted by atomic mass is 10.2. The first-order valence-corrected chi connectivity index (χ1v) is 10.5. The van der Waals surface area contributed by atoms with Crippen molar-refractivity contribution in [3.63, 3.8) is 0 Å². The largest absolute Gasteiger partial charge is 0.449 e. The third-order valence-corrected chi connectivity index (χ3v) is 6.12. The van der Waals surface area contributed by atoms with Crippen LogP contribution in [0.3, 0.4) is 0 Å². The maximum Gasteiger partial charge on any atom is 0.416 e. The lowest BCUT2D eigenvalue weighted by Gasteiger charge is -2.09. The summed E-state index contributed by atoms with van der Waals surface area (Å²) in [7, 11) is -4.26. The Morgan fingerprint density at radius 3 is 2.47 bits per heavy atom. The van der Waals surface area contributed by atoms with E-state index in [-0.39, 0.29) is 23.0 Å². The van der Waals surface area contributed by atoms with Crippen LogP contribution in [0.15, 0.2) is 75.4 Å². The summed E-state index contributed by atoms with van der Waals surface area (Å²) in [5, 5.41) is 3.24. The zero-order chi connectivity index (χ0) is 22.9. The van der Waals surface area contributed by atoms with Crippen molar-refractivity contribution in [1.29, 1.82) is 0 Å². The Labute approximate surface area is 179 Å². The summed E-state index contributed by atoms with van der Waals surface area (Å²) in [5.74, 6) is -0.388. The summed E-state index contributed by atoms with van der Waals surface area (Å²) in [6.45, 7) is -0.127. The lowest BCUT2D eigenvalue weighted by Crippen LogP contribution is -2.23. The number of sulfone groups is 1. The second-order valence-electron chi connectivity index (χ2n) is 6.57. The van der Waals surface area contributed by atoms with Gasteiger partial charge in [0.1, 0.15) is 10.7 Å². The highest BCUT2D eigenvalue weighted by atomic mass is 32.2. The fraction of sp³-hybridized carbons (Fsp3) is 0.100. The summed E-state index contributed by atoms with van der Waals surface area (Å²) in [6, 6.07) is 6.61. The number of carbonyl (C=O) groups excluding carboxylic acids is 1. The van der Waals surface area contributed by atoms with E-state index in [9.17, 15) is 26.4 Å². The van der Waals surface area contributed by atoms with Gasteiger partial charge in [-0.05, 0) is 30.3 Å². The van der Waals surface area contributed by atoms with E-state index < -0.39 is 32.4 Å². The number of nitrogens with zero attached hydrogens (tertiary/aromatic N) is 3. The molecule has 8 nitrogen and oxygen atoms in total. The number of carbonyl (C=O) groups is 1. The maximum absolute atomic E-state index is 12.9. The molecule has 0 saturated carbocycles. The van der Waals surface area contributed by atoms with E-state index in [1.54, 1.807) is 12.3 Å². The van der Waals surface area contributed by atoms with Crippen LogP contribution < -0.4 is 5.32 Å². The Kier molecular flexibility index (Phi) is 5.38. The third-order valence-electron chi connectivity index (χ3n) is 4.42. The van der Waals surface area contributed by atoms with Crippen LogP contribution in [-0.4, -0.2) is 29.3 Å². The second kappa shape index (κ2) is 8.04. The summed E-state index contributed by atoms with van der Waals surface area (Å²) >= 11 is 0. The van der Waals surface area contributed by atoms with Crippen LogP contribution in [0.2, 0.25) is 0 Å². The van der Waals surface area contributed by atoms with Crippen LogP contribution in [0.5, 0.6) is 0 Å². The van der Waals surface area contributed by atoms with Crippen molar-refractivity contribution in [2.45, 2.75) is 22.5 Å². The van der Waals surface area contributed by atoms with E-state index in [0.29, 0.717) is 17.0 Å². The molecular formula is C20H13F3N4O4S. The number of hydrogen-bond acceptors (Lipinski definition) is 7. The van der Waals surface area contributed by atoms with Crippen LogP contribution in [0, 0.1) is 0 Å². The van der Waals surface area contributed by atoms with Crippen LogP contribution in [0.25, 0.3) is 11.0 Å². The standard InChI is InChI=1S/C20H13F3N4O4S/c21-20(22,23)13-2-1-3-14(7-13)32(29,30)15-8-25-18(26-9-15)11-27-19(28)16-6-12-4-5-24-10-17(12)31-16/h1-10H,11H2,(H,27,28). The molecule has 1 N–H and O–H groups in total. The summed E-state index contributed by atoms with van der Waals surface area (Å²) < 4.78 is 69.3. The number of amides is 1. The van der Waals surface area contributed by atoms with E-state index in [0.717, 1.165) is 30.6 Å². The summed E-state index contributed by atoms with van der Waals surface area (Å²) in [4.78, 5) is 23.0. The zero-order valence-corrected chi connectivity index (χ0v) is 16.8. The van der Waals surface area contributed by atoms with Crippen LogP contribution in [-0.2, 0) is 22.6 Å². The summed E-state index contributed by atoms with van der Waals surface area (Å²) in [6.07, 6.45) is 0.287. The number of alkyl halides is 3. The normalized spacial score (nSPS) is 12.1. The number of furan rings is 1. The Balaban J connectivity index is 1.47. The average molecular weight is 462 g/mol. The molecule has 0 aliphatic heterocycles. The monoisotopic (exact) mass is 462 g/mol. The molecule has 3 aromatic heterocycles. The molecule has 1 aromatic carbocycles. The number of hydrogen-bond donors (Lipinski definition) is 1. The van der Waals surface area contributed by atoms with Gasteiger partial charge in [-0.2, -0.15) is 13.2 Å². The van der Waals surface area contributed by atoms with E-state index in [1.807, 2.05) is 0 Å². The third kappa shape index (κ3) is 4.30. The molecule has 0 aliphatic carbocycles. The number of rotatable bonds is 5. The van der Waals surface area contributed by atoms with Gasteiger partial charge in [0.15, 0.2) is 11.3 Å². The molecule has 164 valence electrons. The molecule has 4 rings (SSSR count). The Morgan fingerprint density at radius 1 is 1.03 bits per heavy atom. The van der Waals surface area contributed by atoms with Crippen molar-refractivity contribution in [3.8, 4) is 0 Å². The highest BCUT2D eigenvalue weighted by Crippen LogP contribution is 2.31. The number of fused-ring (bicyclic) bond motifs is 1. The van der Waals surface area contributed by atoms with Crippen LogP contribution in [0.4, 0.5) is 13.2 Å². The van der Waals surface area contributed by atoms with Crippen LogP contribution >= 0.6 is 0 Å². The number of pyridine rings is 1. The van der Waals surface area contributed by atoms with E-state index in [1.165, 1.54) is 12.3 Å². The Hall–Kier alpha value is -3.80. The SMILES string of the molecule is O=C(NCc1ncc(S(=O)(=O)c2cccc(C(F)(F)F)c2)cn1)c1cc2ccncc2o1. The highest BCUT2D eigenvalue weighted by Gasteiger charge is 2.32. The average Bonchev–Trinajstić information content (AvgIpc) is 3.22. The smallest absolute Gasteiger partial charge is 0.416 e. The fourth-order valence-corrected chi connectivity index (χ4v) is 3.99. The Morgan fingerprint density at radius 2 is 1.78 bits per heavy atom. The number of nitrogens with one attached hydrogen (secondary N) is 1. The van der Waals surface area contributed by atoms with Crippen LogP contribution in [0.1, 0.15) is 21.9 Å². The van der Waals surface area contributed by atoms with Gasteiger partial charge in [0.05, 0.1) is 23.2 Å². The molecule has 32 heavy (non-hydrogen) atoms.